The molecule has 0 unspecified atom stereocenters. The van der Waals surface area contributed by atoms with Crippen LogP contribution in [0.4, 0.5) is 5.69 Å². The van der Waals surface area contributed by atoms with Gasteiger partial charge in [0, 0.05) is 11.8 Å². The number of aliphatic imine (C=N–C) groups is 1. The average molecular weight is 384 g/mol. The average Bonchev–Trinajstić information content (AvgIpc) is 3.21. The third-order valence-corrected chi connectivity index (χ3v) is 5.01. The zero-order valence-electron chi connectivity index (χ0n) is 15.6. The van der Waals surface area contributed by atoms with Crippen molar-refractivity contribution in [1.82, 2.24) is 4.37 Å². The van der Waals surface area contributed by atoms with Crippen LogP contribution < -0.4 is 18.9 Å². The molecule has 27 heavy (non-hydrogen) atoms. The van der Waals surface area contributed by atoms with Gasteiger partial charge in [-0.3, -0.25) is 4.99 Å². The maximum atomic E-state index is 5.47. The van der Waals surface area contributed by atoms with E-state index < -0.39 is 0 Å². The van der Waals surface area contributed by atoms with E-state index in [0.717, 1.165) is 21.6 Å². The molecule has 0 bridgehead atoms. The molecule has 3 rings (SSSR count). The summed E-state index contributed by atoms with van der Waals surface area (Å²) in [7, 11) is 6.38. The quantitative estimate of drug-likeness (QED) is 0.545. The van der Waals surface area contributed by atoms with Crippen LogP contribution in [0.5, 0.6) is 23.0 Å². The first-order valence-electron chi connectivity index (χ1n) is 8.07. The van der Waals surface area contributed by atoms with Crippen molar-refractivity contribution in [3.63, 3.8) is 0 Å². The lowest BCUT2D eigenvalue weighted by molar-refractivity contribution is 0.324. The van der Waals surface area contributed by atoms with Crippen LogP contribution >= 0.6 is 11.5 Å². The second-order valence-corrected chi connectivity index (χ2v) is 6.33. The molecular formula is C20H20N2O4S. The van der Waals surface area contributed by atoms with E-state index in [-0.39, 0.29) is 0 Å². The summed E-state index contributed by atoms with van der Waals surface area (Å²) in [4.78, 5) is 5.04. The molecule has 1 aromatic heterocycles. The first-order chi connectivity index (χ1) is 13.2. The van der Waals surface area contributed by atoms with Crippen LogP contribution in [0.2, 0.25) is 0 Å². The summed E-state index contributed by atoms with van der Waals surface area (Å²) in [6, 6.07) is 9.59. The minimum Gasteiger partial charge on any atom is -0.494 e. The van der Waals surface area contributed by atoms with Crippen LogP contribution in [0.3, 0.4) is 0 Å². The number of hydrogen-bond acceptors (Lipinski definition) is 7. The van der Waals surface area contributed by atoms with Gasteiger partial charge >= 0.3 is 0 Å². The van der Waals surface area contributed by atoms with Crippen LogP contribution in [-0.4, -0.2) is 39.5 Å². The molecule has 0 saturated heterocycles. The number of rotatable bonds is 7. The largest absolute Gasteiger partial charge is 0.494 e. The number of aromatic nitrogens is 1. The molecule has 1 heterocycles. The van der Waals surface area contributed by atoms with Crippen LogP contribution in [0.25, 0.3) is 21.6 Å². The van der Waals surface area contributed by atoms with E-state index in [2.05, 4.69) is 16.1 Å². The van der Waals surface area contributed by atoms with Gasteiger partial charge in [0.1, 0.15) is 11.4 Å². The molecule has 140 valence electrons. The van der Waals surface area contributed by atoms with Gasteiger partial charge in [0.2, 0.25) is 5.75 Å². The minimum atomic E-state index is 0.552. The van der Waals surface area contributed by atoms with Gasteiger partial charge in [-0.05, 0) is 59.7 Å². The normalized spacial score (nSPS) is 10.4. The summed E-state index contributed by atoms with van der Waals surface area (Å²) in [6.07, 6.45) is 1.83. The Balaban J connectivity index is 2.14. The van der Waals surface area contributed by atoms with E-state index in [1.165, 1.54) is 11.5 Å². The van der Waals surface area contributed by atoms with E-state index in [4.69, 9.17) is 18.9 Å². The Morgan fingerprint density at radius 2 is 1.52 bits per heavy atom. The van der Waals surface area contributed by atoms with E-state index in [1.807, 2.05) is 36.5 Å². The van der Waals surface area contributed by atoms with Crippen LogP contribution in [0.1, 0.15) is 0 Å². The zero-order valence-corrected chi connectivity index (χ0v) is 16.4. The van der Waals surface area contributed by atoms with Gasteiger partial charge in [0.05, 0.1) is 33.3 Å². The second kappa shape index (κ2) is 8.09. The van der Waals surface area contributed by atoms with Crippen molar-refractivity contribution >= 4 is 23.9 Å². The SMILES string of the molecule is C=Nc1cc(-c2sncc2-c2cc(OC)c(OC)c(OC)c2)ccc1OC. The predicted octanol–water partition coefficient (Wildman–Crippen LogP) is 4.84. The fourth-order valence-electron chi connectivity index (χ4n) is 2.84. The number of methoxy groups -OCH3 is 4. The summed E-state index contributed by atoms with van der Waals surface area (Å²) in [5.41, 5.74) is 3.53. The third kappa shape index (κ3) is 3.46. The number of ether oxygens (including phenoxy) is 4. The van der Waals surface area contributed by atoms with Crippen LogP contribution in [0.15, 0.2) is 41.5 Å². The van der Waals surface area contributed by atoms with Crippen molar-refractivity contribution in [1.29, 1.82) is 0 Å². The molecule has 3 aromatic rings. The van der Waals surface area contributed by atoms with Crippen LogP contribution in [0, 0.1) is 0 Å². The molecule has 0 aliphatic carbocycles. The van der Waals surface area contributed by atoms with E-state index in [1.54, 1.807) is 28.4 Å². The molecule has 2 aromatic carbocycles. The van der Waals surface area contributed by atoms with Gasteiger partial charge in [0.15, 0.2) is 11.5 Å². The molecule has 6 nitrogen and oxygen atoms in total. The van der Waals surface area contributed by atoms with Crippen molar-refractivity contribution in [2.24, 2.45) is 4.99 Å². The van der Waals surface area contributed by atoms with E-state index in [9.17, 15) is 0 Å². The fraction of sp³-hybridized carbons (Fsp3) is 0.200. The van der Waals surface area contributed by atoms with Crippen molar-refractivity contribution in [3.05, 3.63) is 36.5 Å². The lowest BCUT2D eigenvalue weighted by Gasteiger charge is -2.14. The van der Waals surface area contributed by atoms with Gasteiger partial charge in [-0.15, -0.1) is 0 Å². The van der Waals surface area contributed by atoms with Crippen molar-refractivity contribution in [2.75, 3.05) is 28.4 Å². The second-order valence-electron chi connectivity index (χ2n) is 5.53. The highest BCUT2D eigenvalue weighted by Crippen LogP contribution is 2.45. The smallest absolute Gasteiger partial charge is 0.203 e. The third-order valence-electron chi connectivity index (χ3n) is 4.16. The number of hydrogen-bond donors (Lipinski definition) is 0. The van der Waals surface area contributed by atoms with Gasteiger partial charge in [-0.2, -0.15) is 4.37 Å². The summed E-state index contributed by atoms with van der Waals surface area (Å²) in [5.74, 6) is 2.41. The Morgan fingerprint density at radius 3 is 2.07 bits per heavy atom. The Hall–Kier alpha value is -3.06. The minimum absolute atomic E-state index is 0.552. The summed E-state index contributed by atoms with van der Waals surface area (Å²) in [6.45, 7) is 3.62. The van der Waals surface area contributed by atoms with Crippen molar-refractivity contribution in [2.45, 2.75) is 0 Å². The Morgan fingerprint density at radius 1 is 0.852 bits per heavy atom. The predicted molar refractivity (Wildman–Crippen MR) is 108 cm³/mol. The lowest BCUT2D eigenvalue weighted by atomic mass is 10.0. The highest BCUT2D eigenvalue weighted by atomic mass is 32.1. The maximum Gasteiger partial charge on any atom is 0.203 e. The Labute approximate surface area is 162 Å². The van der Waals surface area contributed by atoms with E-state index >= 15 is 0 Å². The maximum absolute atomic E-state index is 5.47. The van der Waals surface area contributed by atoms with Gasteiger partial charge in [0.25, 0.3) is 0 Å². The first kappa shape index (κ1) is 18.7. The molecular weight excluding hydrogens is 364 g/mol. The molecule has 0 aliphatic rings. The number of benzene rings is 2. The molecule has 7 heteroatoms. The van der Waals surface area contributed by atoms with Crippen molar-refractivity contribution in [3.8, 4) is 44.6 Å². The molecule has 0 saturated carbocycles. The zero-order chi connectivity index (χ0) is 19.4. The fourth-order valence-corrected chi connectivity index (χ4v) is 3.61. The lowest BCUT2D eigenvalue weighted by Crippen LogP contribution is -1.95. The Kier molecular flexibility index (Phi) is 5.61. The number of nitrogens with zero attached hydrogens (tertiary/aromatic N) is 2. The molecule has 0 amide bonds. The summed E-state index contributed by atoms with van der Waals surface area (Å²) < 4.78 is 26.0. The highest BCUT2D eigenvalue weighted by Gasteiger charge is 2.18. The molecule has 0 radical (unpaired) electrons. The highest BCUT2D eigenvalue weighted by molar-refractivity contribution is 7.10. The standard InChI is InChI=1S/C20H20N2O4S/c1-21-15-8-12(6-7-16(15)23-2)20-14(11-22-27-20)13-9-17(24-3)19(26-5)18(10-13)25-4/h6-11H,1H2,2-5H3. The summed E-state index contributed by atoms with van der Waals surface area (Å²) in [5, 5.41) is 0. The monoisotopic (exact) mass is 384 g/mol. The topological polar surface area (TPSA) is 62.2 Å². The Bertz CT molecular complexity index is 943. The van der Waals surface area contributed by atoms with E-state index in [0.29, 0.717) is 28.7 Å². The van der Waals surface area contributed by atoms with Gasteiger partial charge in [-0.25, -0.2) is 0 Å². The molecule has 0 N–H and O–H groups in total. The molecule has 0 spiro atoms. The summed E-state index contributed by atoms with van der Waals surface area (Å²) >= 11 is 1.40. The molecule has 0 fully saturated rings. The molecule has 0 atom stereocenters. The first-order valence-corrected chi connectivity index (χ1v) is 8.84. The van der Waals surface area contributed by atoms with Gasteiger partial charge in [-0.1, -0.05) is 0 Å². The van der Waals surface area contributed by atoms with Crippen molar-refractivity contribution < 1.29 is 18.9 Å². The van der Waals surface area contributed by atoms with Crippen LogP contribution in [-0.2, 0) is 0 Å². The van der Waals surface area contributed by atoms with Gasteiger partial charge < -0.3 is 18.9 Å². The molecule has 0 aliphatic heterocycles.